The third kappa shape index (κ3) is 3.33. The summed E-state index contributed by atoms with van der Waals surface area (Å²) >= 11 is 0. The molecule has 5 aromatic carbocycles. The molecule has 5 aromatic rings. The lowest BCUT2D eigenvalue weighted by Crippen LogP contribution is -1.91. The van der Waals surface area contributed by atoms with E-state index in [2.05, 4.69) is 99.6 Å². The van der Waals surface area contributed by atoms with E-state index in [1.54, 1.807) is 0 Å². The van der Waals surface area contributed by atoms with Gasteiger partial charge in [0.05, 0.1) is 0 Å². The van der Waals surface area contributed by atoms with E-state index in [1.807, 2.05) is 12.1 Å². The zero-order valence-corrected chi connectivity index (χ0v) is 17.6. The maximum absolute atomic E-state index is 6.36. The Balaban J connectivity index is 1.73. The molecule has 0 heterocycles. The molecule has 0 aliphatic rings. The van der Waals surface area contributed by atoms with Crippen LogP contribution < -0.4 is 4.74 Å². The van der Waals surface area contributed by atoms with E-state index < -0.39 is 0 Å². The molecule has 0 amide bonds. The summed E-state index contributed by atoms with van der Waals surface area (Å²) in [5.74, 6) is 1.74. The molecule has 30 heavy (non-hydrogen) atoms. The van der Waals surface area contributed by atoms with E-state index in [9.17, 15) is 0 Å². The average molecular weight is 389 g/mol. The molecule has 0 saturated carbocycles. The predicted octanol–water partition coefficient (Wildman–Crippen LogP) is 8.38. The van der Waals surface area contributed by atoms with Crippen molar-refractivity contribution in [2.24, 2.45) is 0 Å². The second-order valence-corrected chi connectivity index (χ2v) is 8.09. The highest BCUT2D eigenvalue weighted by Crippen LogP contribution is 2.39. The predicted molar refractivity (Wildman–Crippen MR) is 128 cm³/mol. The van der Waals surface area contributed by atoms with Gasteiger partial charge in [0.2, 0.25) is 0 Å². The van der Waals surface area contributed by atoms with E-state index in [4.69, 9.17) is 4.74 Å². The summed E-state index contributed by atoms with van der Waals surface area (Å²) in [6.07, 6.45) is 0. The van der Waals surface area contributed by atoms with Crippen LogP contribution in [0.1, 0.15) is 16.7 Å². The molecule has 0 radical (unpaired) electrons. The Morgan fingerprint density at radius 1 is 0.533 bits per heavy atom. The van der Waals surface area contributed by atoms with Gasteiger partial charge < -0.3 is 4.74 Å². The van der Waals surface area contributed by atoms with E-state index in [1.165, 1.54) is 43.8 Å². The van der Waals surface area contributed by atoms with Crippen molar-refractivity contribution < 1.29 is 4.74 Å². The Labute approximate surface area is 177 Å². The smallest absolute Gasteiger partial charge is 0.135 e. The largest absolute Gasteiger partial charge is 0.457 e. The molecule has 0 bridgehead atoms. The monoisotopic (exact) mass is 388 g/mol. The summed E-state index contributed by atoms with van der Waals surface area (Å²) in [6, 6.07) is 32.3. The van der Waals surface area contributed by atoms with Crippen LogP contribution in [-0.2, 0) is 0 Å². The molecule has 0 N–H and O–H groups in total. The molecule has 1 heteroatoms. The fourth-order valence-electron chi connectivity index (χ4n) is 4.19. The first-order valence-electron chi connectivity index (χ1n) is 10.4. The summed E-state index contributed by atoms with van der Waals surface area (Å²) in [6.45, 7) is 6.39. The third-order valence-corrected chi connectivity index (χ3v) is 5.74. The lowest BCUT2D eigenvalue weighted by molar-refractivity contribution is 0.484. The molecule has 0 spiro atoms. The van der Waals surface area contributed by atoms with Gasteiger partial charge in [-0.25, -0.2) is 0 Å². The standard InChI is InChI=1S/C29H24O/c1-19-7-4-11-24(15-19)30-29-14-13-20(2)16-28(29)25-12-6-10-23-17-22-9-5-8-21(3)26(22)18-27(23)25/h4-18H,1-3H3. The quantitative estimate of drug-likeness (QED) is 0.282. The SMILES string of the molecule is Cc1cccc(Oc2ccc(C)cc2-c2cccc3cc4cccc(C)c4cc23)c1. The van der Waals surface area contributed by atoms with Gasteiger partial charge in [-0.15, -0.1) is 0 Å². The highest BCUT2D eigenvalue weighted by molar-refractivity contribution is 6.06. The van der Waals surface area contributed by atoms with Crippen LogP contribution >= 0.6 is 0 Å². The van der Waals surface area contributed by atoms with Crippen LogP contribution in [0, 0.1) is 20.8 Å². The van der Waals surface area contributed by atoms with E-state index >= 15 is 0 Å². The first-order chi connectivity index (χ1) is 14.6. The molecule has 0 atom stereocenters. The number of fused-ring (bicyclic) bond motifs is 2. The van der Waals surface area contributed by atoms with Crippen molar-refractivity contribution in [3.63, 3.8) is 0 Å². The molecular formula is C29H24O. The molecule has 0 aliphatic carbocycles. The Kier molecular flexibility index (Phi) is 4.52. The number of ether oxygens (including phenoxy) is 1. The van der Waals surface area contributed by atoms with Gasteiger partial charge in [0.1, 0.15) is 11.5 Å². The second-order valence-electron chi connectivity index (χ2n) is 8.09. The van der Waals surface area contributed by atoms with Gasteiger partial charge in [-0.3, -0.25) is 0 Å². The number of hydrogen-bond acceptors (Lipinski definition) is 1. The maximum atomic E-state index is 6.36. The van der Waals surface area contributed by atoms with Crippen molar-refractivity contribution in [2.45, 2.75) is 20.8 Å². The number of benzene rings is 5. The van der Waals surface area contributed by atoms with Crippen LogP contribution in [-0.4, -0.2) is 0 Å². The van der Waals surface area contributed by atoms with Crippen molar-refractivity contribution >= 4 is 21.5 Å². The molecule has 0 aliphatic heterocycles. The zero-order chi connectivity index (χ0) is 20.7. The fourth-order valence-corrected chi connectivity index (χ4v) is 4.19. The topological polar surface area (TPSA) is 9.23 Å². The van der Waals surface area contributed by atoms with Gasteiger partial charge in [0, 0.05) is 5.56 Å². The van der Waals surface area contributed by atoms with Crippen LogP contribution in [0.4, 0.5) is 0 Å². The van der Waals surface area contributed by atoms with Crippen molar-refractivity contribution in [1.82, 2.24) is 0 Å². The highest BCUT2D eigenvalue weighted by Gasteiger charge is 2.12. The van der Waals surface area contributed by atoms with Crippen molar-refractivity contribution in [1.29, 1.82) is 0 Å². The zero-order valence-electron chi connectivity index (χ0n) is 17.6. The minimum atomic E-state index is 0.863. The summed E-state index contributed by atoms with van der Waals surface area (Å²) in [7, 11) is 0. The van der Waals surface area contributed by atoms with Gasteiger partial charge in [-0.05, 0) is 95.4 Å². The summed E-state index contributed by atoms with van der Waals surface area (Å²) in [5, 5.41) is 5.07. The van der Waals surface area contributed by atoms with Gasteiger partial charge in [-0.1, -0.05) is 60.2 Å². The Morgan fingerprint density at radius 3 is 2.10 bits per heavy atom. The Bertz CT molecular complexity index is 1390. The van der Waals surface area contributed by atoms with E-state index in [0.717, 1.165) is 17.1 Å². The van der Waals surface area contributed by atoms with Crippen molar-refractivity contribution in [2.75, 3.05) is 0 Å². The van der Waals surface area contributed by atoms with Crippen LogP contribution in [0.15, 0.2) is 91.0 Å². The maximum Gasteiger partial charge on any atom is 0.135 e. The molecule has 146 valence electrons. The Hall–Kier alpha value is -3.58. The molecule has 5 rings (SSSR count). The highest BCUT2D eigenvalue weighted by atomic mass is 16.5. The molecule has 0 fully saturated rings. The Morgan fingerprint density at radius 2 is 1.27 bits per heavy atom. The minimum absolute atomic E-state index is 0.863. The van der Waals surface area contributed by atoms with E-state index in [-0.39, 0.29) is 0 Å². The number of hydrogen-bond donors (Lipinski definition) is 0. The molecule has 1 nitrogen and oxygen atoms in total. The molecule has 0 saturated heterocycles. The summed E-state index contributed by atoms with van der Waals surface area (Å²) in [5.41, 5.74) is 6.02. The average Bonchev–Trinajstić information content (AvgIpc) is 2.74. The van der Waals surface area contributed by atoms with Crippen molar-refractivity contribution in [3.8, 4) is 22.6 Å². The molecular weight excluding hydrogens is 364 g/mol. The number of aryl methyl sites for hydroxylation is 3. The lowest BCUT2D eigenvalue weighted by atomic mass is 9.93. The lowest BCUT2D eigenvalue weighted by Gasteiger charge is -2.15. The van der Waals surface area contributed by atoms with Crippen LogP contribution in [0.5, 0.6) is 11.5 Å². The van der Waals surface area contributed by atoms with Gasteiger partial charge >= 0.3 is 0 Å². The normalized spacial score (nSPS) is 11.2. The van der Waals surface area contributed by atoms with Gasteiger partial charge in [0.15, 0.2) is 0 Å². The van der Waals surface area contributed by atoms with Gasteiger partial charge in [-0.2, -0.15) is 0 Å². The number of rotatable bonds is 3. The third-order valence-electron chi connectivity index (χ3n) is 5.74. The second kappa shape index (κ2) is 7.35. The first-order valence-corrected chi connectivity index (χ1v) is 10.4. The summed E-state index contributed by atoms with van der Waals surface area (Å²) < 4.78 is 6.36. The fraction of sp³-hybridized carbons (Fsp3) is 0.103. The first kappa shape index (κ1) is 18.4. The molecule has 0 unspecified atom stereocenters. The van der Waals surface area contributed by atoms with Gasteiger partial charge in [0.25, 0.3) is 0 Å². The van der Waals surface area contributed by atoms with Crippen LogP contribution in [0.2, 0.25) is 0 Å². The van der Waals surface area contributed by atoms with Crippen LogP contribution in [0.3, 0.4) is 0 Å². The van der Waals surface area contributed by atoms with Crippen LogP contribution in [0.25, 0.3) is 32.7 Å². The summed E-state index contributed by atoms with van der Waals surface area (Å²) in [4.78, 5) is 0. The minimum Gasteiger partial charge on any atom is -0.457 e. The van der Waals surface area contributed by atoms with E-state index in [0.29, 0.717) is 0 Å². The molecule has 0 aromatic heterocycles. The van der Waals surface area contributed by atoms with Crippen molar-refractivity contribution in [3.05, 3.63) is 108 Å².